The molecule has 0 heterocycles. The first-order valence-electron chi connectivity index (χ1n) is 6.57. The van der Waals surface area contributed by atoms with E-state index in [1.165, 1.54) is 45.1 Å². The molecule has 15 heavy (non-hydrogen) atoms. The van der Waals surface area contributed by atoms with Crippen molar-refractivity contribution in [2.75, 3.05) is 13.1 Å². The molecule has 1 saturated carbocycles. The van der Waals surface area contributed by atoms with Crippen LogP contribution in [-0.4, -0.2) is 19.1 Å². The van der Waals surface area contributed by atoms with E-state index in [-0.39, 0.29) is 0 Å². The maximum Gasteiger partial charge on any atom is 0.00670 e. The lowest BCUT2D eigenvalue weighted by Gasteiger charge is -2.24. The van der Waals surface area contributed by atoms with Crippen LogP contribution in [0.3, 0.4) is 0 Å². The fraction of sp³-hybridized carbons (Fsp3) is 1.00. The van der Waals surface area contributed by atoms with E-state index in [2.05, 4.69) is 19.2 Å². The molecule has 0 amide bonds. The van der Waals surface area contributed by atoms with Gasteiger partial charge in [0.25, 0.3) is 0 Å². The zero-order valence-corrected chi connectivity index (χ0v) is 10.5. The van der Waals surface area contributed by atoms with E-state index in [1.807, 2.05) is 0 Å². The summed E-state index contributed by atoms with van der Waals surface area (Å²) in [4.78, 5) is 0. The Morgan fingerprint density at radius 2 is 1.87 bits per heavy atom. The number of hydrogen-bond donors (Lipinski definition) is 2. The lowest BCUT2D eigenvalue weighted by atomic mass is 9.84. The highest BCUT2D eigenvalue weighted by Crippen LogP contribution is 2.25. The summed E-state index contributed by atoms with van der Waals surface area (Å²) in [7, 11) is 0. The predicted octanol–water partition coefficient (Wildman–Crippen LogP) is 2.67. The molecular formula is C13H28N2. The fourth-order valence-electron chi connectivity index (χ4n) is 2.52. The molecule has 0 aromatic carbocycles. The molecule has 0 aromatic heterocycles. The van der Waals surface area contributed by atoms with Crippen LogP contribution in [0.2, 0.25) is 0 Å². The highest BCUT2D eigenvalue weighted by atomic mass is 14.9. The van der Waals surface area contributed by atoms with Crippen LogP contribution in [0.1, 0.15) is 58.8 Å². The van der Waals surface area contributed by atoms with Crippen molar-refractivity contribution < 1.29 is 0 Å². The maximum absolute atomic E-state index is 5.60. The lowest BCUT2D eigenvalue weighted by Crippen LogP contribution is -2.28. The minimum atomic E-state index is 0.437. The average molecular weight is 212 g/mol. The first-order valence-corrected chi connectivity index (χ1v) is 6.57. The van der Waals surface area contributed by atoms with Crippen molar-refractivity contribution in [2.45, 2.75) is 64.8 Å². The number of rotatable bonds is 7. The third-order valence-corrected chi connectivity index (χ3v) is 3.64. The number of nitrogens with one attached hydrogen (secondary N) is 1. The quantitative estimate of drug-likeness (QED) is 0.637. The molecule has 0 atom stereocenters. The molecule has 0 unspecified atom stereocenters. The van der Waals surface area contributed by atoms with E-state index in [0.717, 1.165) is 19.0 Å². The van der Waals surface area contributed by atoms with Crippen molar-refractivity contribution in [3.8, 4) is 0 Å². The SMILES string of the molecule is CC(C)(CCN)CCCNC1CCCC1. The molecule has 0 spiro atoms. The molecule has 0 radical (unpaired) electrons. The average Bonchev–Trinajstić information content (AvgIpc) is 2.65. The van der Waals surface area contributed by atoms with Gasteiger partial charge in [-0.05, 0) is 50.6 Å². The van der Waals surface area contributed by atoms with E-state index in [9.17, 15) is 0 Å². The summed E-state index contributed by atoms with van der Waals surface area (Å²) in [5, 5.41) is 3.67. The fourth-order valence-corrected chi connectivity index (χ4v) is 2.52. The minimum Gasteiger partial charge on any atom is -0.330 e. The molecular weight excluding hydrogens is 184 g/mol. The van der Waals surface area contributed by atoms with E-state index < -0.39 is 0 Å². The Kier molecular flexibility index (Phi) is 5.62. The molecule has 3 N–H and O–H groups in total. The largest absolute Gasteiger partial charge is 0.330 e. The van der Waals surface area contributed by atoms with Gasteiger partial charge in [0.05, 0.1) is 0 Å². The Morgan fingerprint density at radius 3 is 2.47 bits per heavy atom. The Bertz CT molecular complexity index is 160. The van der Waals surface area contributed by atoms with Crippen LogP contribution in [0.25, 0.3) is 0 Å². The van der Waals surface area contributed by atoms with Gasteiger partial charge in [-0.1, -0.05) is 26.7 Å². The summed E-state index contributed by atoms with van der Waals surface area (Å²) in [5.41, 5.74) is 6.04. The molecule has 2 heteroatoms. The smallest absolute Gasteiger partial charge is 0.00670 e. The summed E-state index contributed by atoms with van der Waals surface area (Å²) < 4.78 is 0. The third kappa shape index (κ3) is 5.53. The minimum absolute atomic E-state index is 0.437. The zero-order valence-electron chi connectivity index (χ0n) is 10.5. The Balaban J connectivity index is 2.00. The Morgan fingerprint density at radius 1 is 1.20 bits per heavy atom. The molecule has 1 aliphatic rings. The van der Waals surface area contributed by atoms with E-state index in [4.69, 9.17) is 5.73 Å². The van der Waals surface area contributed by atoms with Gasteiger partial charge in [0.2, 0.25) is 0 Å². The van der Waals surface area contributed by atoms with Gasteiger partial charge in [0.15, 0.2) is 0 Å². The van der Waals surface area contributed by atoms with Gasteiger partial charge in [0.1, 0.15) is 0 Å². The molecule has 1 aliphatic carbocycles. The van der Waals surface area contributed by atoms with E-state index in [0.29, 0.717) is 5.41 Å². The van der Waals surface area contributed by atoms with Crippen LogP contribution >= 0.6 is 0 Å². The maximum atomic E-state index is 5.60. The van der Waals surface area contributed by atoms with Crippen molar-refractivity contribution in [1.82, 2.24) is 5.32 Å². The molecule has 0 aliphatic heterocycles. The van der Waals surface area contributed by atoms with E-state index >= 15 is 0 Å². The zero-order chi connectivity index (χ0) is 11.1. The van der Waals surface area contributed by atoms with E-state index in [1.54, 1.807) is 0 Å². The topological polar surface area (TPSA) is 38.0 Å². The predicted molar refractivity (Wildman–Crippen MR) is 66.9 cm³/mol. The second-order valence-corrected chi connectivity index (χ2v) is 5.74. The van der Waals surface area contributed by atoms with Crippen LogP contribution in [0, 0.1) is 5.41 Å². The van der Waals surface area contributed by atoms with Crippen LogP contribution in [0.4, 0.5) is 0 Å². The van der Waals surface area contributed by atoms with Gasteiger partial charge < -0.3 is 11.1 Å². The summed E-state index contributed by atoms with van der Waals surface area (Å²) in [6.07, 6.45) is 9.38. The molecule has 0 aromatic rings. The highest BCUT2D eigenvalue weighted by molar-refractivity contribution is 4.74. The van der Waals surface area contributed by atoms with Gasteiger partial charge in [-0.2, -0.15) is 0 Å². The van der Waals surface area contributed by atoms with Crippen molar-refractivity contribution in [2.24, 2.45) is 11.1 Å². The standard InChI is InChI=1S/C13H28N2/c1-13(2,9-10-14)8-5-11-15-12-6-3-4-7-12/h12,15H,3-11,14H2,1-2H3. The van der Waals surface area contributed by atoms with Gasteiger partial charge in [-0.25, -0.2) is 0 Å². The highest BCUT2D eigenvalue weighted by Gasteiger charge is 2.17. The Labute approximate surface area is 95.0 Å². The molecule has 0 saturated heterocycles. The summed E-state index contributed by atoms with van der Waals surface area (Å²) >= 11 is 0. The molecule has 1 rings (SSSR count). The van der Waals surface area contributed by atoms with Crippen molar-refractivity contribution >= 4 is 0 Å². The van der Waals surface area contributed by atoms with Crippen LogP contribution in [0.5, 0.6) is 0 Å². The van der Waals surface area contributed by atoms with Crippen LogP contribution in [0.15, 0.2) is 0 Å². The second kappa shape index (κ2) is 6.49. The summed E-state index contributed by atoms with van der Waals surface area (Å²) in [6.45, 7) is 6.67. The van der Waals surface area contributed by atoms with Gasteiger partial charge in [0, 0.05) is 6.04 Å². The molecule has 0 bridgehead atoms. The Hall–Kier alpha value is -0.0800. The van der Waals surface area contributed by atoms with Crippen LogP contribution in [-0.2, 0) is 0 Å². The van der Waals surface area contributed by atoms with Crippen LogP contribution < -0.4 is 11.1 Å². The second-order valence-electron chi connectivity index (χ2n) is 5.74. The molecule has 90 valence electrons. The normalized spacial score (nSPS) is 18.6. The number of hydrogen-bond acceptors (Lipinski definition) is 2. The summed E-state index contributed by atoms with van der Waals surface area (Å²) in [6, 6.07) is 0.822. The van der Waals surface area contributed by atoms with Crippen molar-refractivity contribution in [1.29, 1.82) is 0 Å². The van der Waals surface area contributed by atoms with Crippen molar-refractivity contribution in [3.05, 3.63) is 0 Å². The third-order valence-electron chi connectivity index (χ3n) is 3.64. The number of nitrogens with two attached hydrogens (primary N) is 1. The van der Waals surface area contributed by atoms with Gasteiger partial charge in [-0.3, -0.25) is 0 Å². The molecule has 1 fully saturated rings. The monoisotopic (exact) mass is 212 g/mol. The first kappa shape index (κ1) is 13.0. The van der Waals surface area contributed by atoms with Gasteiger partial charge in [-0.15, -0.1) is 0 Å². The first-order chi connectivity index (χ1) is 7.14. The lowest BCUT2D eigenvalue weighted by molar-refractivity contribution is 0.299. The van der Waals surface area contributed by atoms with Crippen molar-refractivity contribution in [3.63, 3.8) is 0 Å². The molecule has 2 nitrogen and oxygen atoms in total. The van der Waals surface area contributed by atoms with Gasteiger partial charge >= 0.3 is 0 Å². The summed E-state index contributed by atoms with van der Waals surface area (Å²) in [5.74, 6) is 0.